The number of likely N-dealkylation sites (tertiary alicyclic amines) is 1. The maximum atomic E-state index is 12.4. The molecule has 6 nitrogen and oxygen atoms in total. The zero-order valence-corrected chi connectivity index (χ0v) is 19.3. The van der Waals surface area contributed by atoms with E-state index in [2.05, 4.69) is 18.5 Å². The first-order valence-electron chi connectivity index (χ1n) is 10.3. The molecule has 162 valence electrons. The number of rotatable bonds is 8. The first-order valence-corrected chi connectivity index (χ1v) is 12.3. The summed E-state index contributed by atoms with van der Waals surface area (Å²) in [6.07, 6.45) is 3.91. The molecule has 0 spiro atoms. The number of allylic oxidation sites excluding steroid dienone is 1. The second kappa shape index (κ2) is 10.8. The van der Waals surface area contributed by atoms with Gasteiger partial charge in [-0.25, -0.2) is 0 Å². The fourth-order valence-corrected chi connectivity index (χ4v) is 5.20. The maximum absolute atomic E-state index is 12.4. The Balaban J connectivity index is 1.66. The number of benzene rings is 1. The van der Waals surface area contributed by atoms with Crippen molar-refractivity contribution in [2.75, 3.05) is 31.2 Å². The lowest BCUT2D eigenvalue weighted by atomic mass is 9.99. The molecule has 8 heteroatoms. The predicted octanol–water partition coefficient (Wildman–Crippen LogP) is 3.71. The molecule has 2 aromatic rings. The van der Waals surface area contributed by atoms with Gasteiger partial charge in [-0.1, -0.05) is 24.3 Å². The number of aromatic nitrogens is 1. The van der Waals surface area contributed by atoms with E-state index in [9.17, 15) is 9.59 Å². The Morgan fingerprint density at radius 2 is 2.10 bits per heavy atom. The van der Waals surface area contributed by atoms with E-state index in [0.717, 1.165) is 41.9 Å². The molecule has 1 fully saturated rings. The molecule has 2 heterocycles. The molecule has 1 aromatic carbocycles. The van der Waals surface area contributed by atoms with Gasteiger partial charge in [0.05, 0.1) is 28.3 Å². The molecule has 0 N–H and O–H groups in total. The van der Waals surface area contributed by atoms with E-state index in [-0.39, 0.29) is 17.6 Å². The van der Waals surface area contributed by atoms with E-state index < -0.39 is 0 Å². The Kier molecular flexibility index (Phi) is 8.16. The van der Waals surface area contributed by atoms with Crippen LogP contribution in [0.1, 0.15) is 26.7 Å². The fourth-order valence-electron chi connectivity index (χ4n) is 3.41. The van der Waals surface area contributed by atoms with Crippen LogP contribution in [0.15, 0.2) is 35.8 Å². The van der Waals surface area contributed by atoms with Gasteiger partial charge < -0.3 is 14.2 Å². The van der Waals surface area contributed by atoms with Crippen LogP contribution in [-0.2, 0) is 16.1 Å². The van der Waals surface area contributed by atoms with Gasteiger partial charge in [0.15, 0.2) is 4.80 Å². The third-order valence-corrected chi connectivity index (χ3v) is 7.03. The van der Waals surface area contributed by atoms with Crippen LogP contribution < -0.4 is 9.54 Å². The van der Waals surface area contributed by atoms with Crippen molar-refractivity contribution in [2.24, 2.45) is 10.9 Å². The van der Waals surface area contributed by atoms with Crippen molar-refractivity contribution in [3.63, 3.8) is 0 Å². The molecule has 0 bridgehead atoms. The standard InChI is InChI=1S/C22H29N3O3S2/c1-4-10-25-18-7-6-17(28-5-2)13-19(18)30-22(25)23-20(26)14-29-15-21(27)24-11-8-16(3)9-12-24/h4,6-7,13,16H,1,5,8-12,14-15H2,2-3H3. The third kappa shape index (κ3) is 5.76. The Labute approximate surface area is 185 Å². The summed E-state index contributed by atoms with van der Waals surface area (Å²) in [4.78, 5) is 31.6. The summed E-state index contributed by atoms with van der Waals surface area (Å²) in [6, 6.07) is 5.88. The SMILES string of the molecule is C=CCn1c(=NC(=O)CSCC(=O)N2CCC(C)CC2)sc2cc(OCC)ccc21. The summed E-state index contributed by atoms with van der Waals surface area (Å²) in [5.41, 5.74) is 0.997. The van der Waals surface area contributed by atoms with Crippen LogP contribution in [0, 0.1) is 5.92 Å². The second-order valence-electron chi connectivity index (χ2n) is 7.41. The molecule has 30 heavy (non-hydrogen) atoms. The van der Waals surface area contributed by atoms with Crippen LogP contribution in [0.5, 0.6) is 5.75 Å². The van der Waals surface area contributed by atoms with E-state index >= 15 is 0 Å². The minimum absolute atomic E-state index is 0.117. The lowest BCUT2D eigenvalue weighted by molar-refractivity contribution is -0.129. The third-order valence-electron chi connectivity index (χ3n) is 5.08. The highest BCUT2D eigenvalue weighted by molar-refractivity contribution is 8.00. The average Bonchev–Trinajstić information content (AvgIpc) is 3.05. The zero-order chi connectivity index (χ0) is 21.5. The molecular formula is C22H29N3O3S2. The Hall–Kier alpha value is -2.06. The van der Waals surface area contributed by atoms with Gasteiger partial charge in [0, 0.05) is 19.6 Å². The summed E-state index contributed by atoms with van der Waals surface area (Å²) in [5.74, 6) is 1.90. The Morgan fingerprint density at radius 1 is 1.33 bits per heavy atom. The number of fused-ring (bicyclic) bond motifs is 1. The summed E-state index contributed by atoms with van der Waals surface area (Å²) in [5, 5.41) is 0. The Bertz CT molecular complexity index is 972. The molecule has 2 amide bonds. The number of carbonyl (C=O) groups is 2. The van der Waals surface area contributed by atoms with Crippen LogP contribution in [0.25, 0.3) is 10.2 Å². The van der Waals surface area contributed by atoms with Crippen molar-refractivity contribution in [2.45, 2.75) is 33.2 Å². The van der Waals surface area contributed by atoms with Crippen LogP contribution in [0.2, 0.25) is 0 Å². The maximum Gasteiger partial charge on any atom is 0.258 e. The number of carbonyl (C=O) groups excluding carboxylic acids is 2. The topological polar surface area (TPSA) is 63.9 Å². The van der Waals surface area contributed by atoms with Crippen molar-refractivity contribution in [3.8, 4) is 5.75 Å². The number of amides is 2. The van der Waals surface area contributed by atoms with E-state index in [1.54, 1.807) is 6.08 Å². The highest BCUT2D eigenvalue weighted by Gasteiger charge is 2.20. The quantitative estimate of drug-likeness (QED) is 0.579. The largest absolute Gasteiger partial charge is 0.494 e. The lowest BCUT2D eigenvalue weighted by Crippen LogP contribution is -2.39. The van der Waals surface area contributed by atoms with Crippen molar-refractivity contribution < 1.29 is 14.3 Å². The molecule has 0 unspecified atom stereocenters. The van der Waals surface area contributed by atoms with Crippen LogP contribution >= 0.6 is 23.1 Å². The number of hydrogen-bond donors (Lipinski definition) is 0. The minimum atomic E-state index is -0.227. The predicted molar refractivity (Wildman–Crippen MR) is 124 cm³/mol. The first-order chi connectivity index (χ1) is 14.5. The van der Waals surface area contributed by atoms with Crippen molar-refractivity contribution in [1.29, 1.82) is 0 Å². The minimum Gasteiger partial charge on any atom is -0.494 e. The summed E-state index contributed by atoms with van der Waals surface area (Å²) in [6.45, 7) is 10.8. The van der Waals surface area contributed by atoms with Gasteiger partial charge in [-0.3, -0.25) is 9.59 Å². The number of thiazole rings is 1. The number of hydrogen-bond acceptors (Lipinski definition) is 5. The molecule has 0 atom stereocenters. The number of thioether (sulfide) groups is 1. The number of ether oxygens (including phenoxy) is 1. The van der Waals surface area contributed by atoms with Crippen molar-refractivity contribution >= 4 is 45.1 Å². The zero-order valence-electron chi connectivity index (χ0n) is 17.6. The summed E-state index contributed by atoms with van der Waals surface area (Å²) in [7, 11) is 0. The second-order valence-corrected chi connectivity index (χ2v) is 9.40. The van der Waals surface area contributed by atoms with E-state index in [4.69, 9.17) is 4.74 Å². The molecular weight excluding hydrogens is 418 g/mol. The van der Waals surface area contributed by atoms with Gasteiger partial charge in [0.2, 0.25) is 5.91 Å². The summed E-state index contributed by atoms with van der Waals surface area (Å²) < 4.78 is 8.56. The molecule has 0 radical (unpaired) electrons. The molecule has 0 aliphatic carbocycles. The fraction of sp³-hybridized carbons (Fsp3) is 0.500. The molecule has 0 saturated carbocycles. The average molecular weight is 448 g/mol. The van der Waals surface area contributed by atoms with Crippen LogP contribution in [-0.4, -0.2) is 52.5 Å². The monoisotopic (exact) mass is 447 g/mol. The van der Waals surface area contributed by atoms with Gasteiger partial charge in [-0.05, 0) is 43.9 Å². The molecule has 3 rings (SSSR count). The normalized spacial score (nSPS) is 15.5. The molecule has 1 aliphatic rings. The van der Waals surface area contributed by atoms with E-state index in [0.29, 0.717) is 29.6 Å². The van der Waals surface area contributed by atoms with E-state index in [1.165, 1.54) is 23.1 Å². The van der Waals surface area contributed by atoms with E-state index in [1.807, 2.05) is 34.6 Å². The first kappa shape index (κ1) is 22.6. The molecule has 1 saturated heterocycles. The van der Waals surface area contributed by atoms with Crippen LogP contribution in [0.3, 0.4) is 0 Å². The van der Waals surface area contributed by atoms with Gasteiger partial charge in [0.25, 0.3) is 5.91 Å². The lowest BCUT2D eigenvalue weighted by Gasteiger charge is -2.30. The highest BCUT2D eigenvalue weighted by Crippen LogP contribution is 2.23. The van der Waals surface area contributed by atoms with Gasteiger partial charge >= 0.3 is 0 Å². The number of nitrogens with zero attached hydrogens (tertiary/aromatic N) is 3. The van der Waals surface area contributed by atoms with Gasteiger partial charge in [-0.2, -0.15) is 4.99 Å². The molecule has 1 aliphatic heterocycles. The summed E-state index contributed by atoms with van der Waals surface area (Å²) >= 11 is 2.80. The molecule has 1 aromatic heterocycles. The van der Waals surface area contributed by atoms with Gasteiger partial charge in [0.1, 0.15) is 5.75 Å². The van der Waals surface area contributed by atoms with Crippen LogP contribution in [0.4, 0.5) is 0 Å². The highest BCUT2D eigenvalue weighted by atomic mass is 32.2. The Morgan fingerprint density at radius 3 is 2.80 bits per heavy atom. The van der Waals surface area contributed by atoms with Crippen molar-refractivity contribution in [1.82, 2.24) is 9.47 Å². The smallest absolute Gasteiger partial charge is 0.258 e. The van der Waals surface area contributed by atoms with Crippen molar-refractivity contribution in [3.05, 3.63) is 35.7 Å². The van der Waals surface area contributed by atoms with Gasteiger partial charge in [-0.15, -0.1) is 18.3 Å². The number of piperidine rings is 1.